The molecule has 36 heavy (non-hydrogen) atoms. The number of ether oxygens (including phenoxy) is 1. The van der Waals surface area contributed by atoms with Crippen LogP contribution < -0.4 is 15.7 Å². The molecule has 198 valence electrons. The molecule has 0 radical (unpaired) electrons. The lowest BCUT2D eigenvalue weighted by molar-refractivity contribution is -0.141. The fourth-order valence-electron chi connectivity index (χ4n) is 2.84. The highest BCUT2D eigenvalue weighted by Gasteiger charge is 2.52. The number of carbonyl (C=O) groups excluding carboxylic acids is 1. The van der Waals surface area contributed by atoms with E-state index in [1.54, 1.807) is 37.3 Å². The molecule has 0 unspecified atom stereocenters. The summed E-state index contributed by atoms with van der Waals surface area (Å²) in [7, 11) is -0.796. The van der Waals surface area contributed by atoms with E-state index in [0.717, 1.165) is 6.07 Å². The third kappa shape index (κ3) is 9.08. The zero-order valence-electron chi connectivity index (χ0n) is 21.3. The minimum atomic E-state index is -4.48. The van der Waals surface area contributed by atoms with Gasteiger partial charge in [-0.15, -0.1) is 0 Å². The number of benzene rings is 1. The highest BCUT2D eigenvalue weighted by Crippen LogP contribution is 2.37. The van der Waals surface area contributed by atoms with Gasteiger partial charge in [-0.05, 0) is 69.9 Å². The van der Waals surface area contributed by atoms with E-state index in [-0.39, 0.29) is 10.9 Å². The van der Waals surface area contributed by atoms with E-state index in [1.807, 2.05) is 27.7 Å². The van der Waals surface area contributed by atoms with Crippen LogP contribution in [-0.2, 0) is 20.3 Å². The van der Waals surface area contributed by atoms with Crippen molar-refractivity contribution in [1.29, 1.82) is 0 Å². The van der Waals surface area contributed by atoms with Crippen LogP contribution in [0.3, 0.4) is 0 Å². The van der Waals surface area contributed by atoms with E-state index >= 15 is 0 Å². The van der Waals surface area contributed by atoms with E-state index in [0.29, 0.717) is 23.1 Å². The van der Waals surface area contributed by atoms with Gasteiger partial charge in [-0.3, -0.25) is 4.79 Å². The molecule has 0 saturated carbocycles. The zero-order chi connectivity index (χ0) is 27.9. The van der Waals surface area contributed by atoms with E-state index in [2.05, 4.69) is 4.98 Å². The Bertz CT molecular complexity index is 1010. The summed E-state index contributed by atoms with van der Waals surface area (Å²) in [6.45, 7) is 10.6. The number of alkyl halides is 3. The van der Waals surface area contributed by atoms with Crippen LogP contribution in [0.1, 0.15) is 52.4 Å². The first-order valence-corrected chi connectivity index (χ1v) is 11.4. The second-order valence-electron chi connectivity index (χ2n) is 8.84. The molecule has 0 aliphatic carbocycles. The van der Waals surface area contributed by atoms with Gasteiger partial charge in [0.1, 0.15) is 11.4 Å². The average Bonchev–Trinajstić information content (AvgIpc) is 3.00. The van der Waals surface area contributed by atoms with Crippen molar-refractivity contribution in [2.45, 2.75) is 65.3 Å². The van der Waals surface area contributed by atoms with Gasteiger partial charge in [-0.1, -0.05) is 25.1 Å². The topological polar surface area (TPSA) is 98.1 Å². The monoisotopic (exact) mass is 531 g/mol. The third-order valence-electron chi connectivity index (χ3n) is 5.49. The number of pyridine rings is 1. The van der Waals surface area contributed by atoms with Crippen LogP contribution in [0.5, 0.6) is 5.75 Å². The summed E-state index contributed by atoms with van der Waals surface area (Å²) in [6.07, 6.45) is -4.05. The zero-order valence-corrected chi connectivity index (χ0v) is 22.1. The molecule has 0 spiro atoms. The van der Waals surface area contributed by atoms with Crippen molar-refractivity contribution in [3.8, 4) is 5.75 Å². The fraction of sp³-hybridized carbons (Fsp3) is 0.478. The van der Waals surface area contributed by atoms with Gasteiger partial charge >= 0.3 is 20.4 Å². The highest BCUT2D eigenvalue weighted by atomic mass is 35.5. The van der Waals surface area contributed by atoms with Crippen LogP contribution in [0.4, 0.5) is 13.2 Å². The summed E-state index contributed by atoms with van der Waals surface area (Å²) in [5.41, 5.74) is -1.11. The maximum Gasteiger partial charge on any atom is 0.494 e. The predicted octanol–water partition coefficient (Wildman–Crippen LogP) is 3.24. The minimum Gasteiger partial charge on any atom is -0.497 e. The predicted molar refractivity (Wildman–Crippen MR) is 134 cm³/mol. The number of aryl methyl sites for hydroxylation is 1. The lowest BCUT2D eigenvalue weighted by atomic mass is 9.79. The number of hydrogen-bond donors (Lipinski definition) is 2. The van der Waals surface area contributed by atoms with E-state index in [9.17, 15) is 18.0 Å². The second kappa shape index (κ2) is 12.9. The van der Waals surface area contributed by atoms with Crippen molar-refractivity contribution in [2.24, 2.45) is 0 Å². The molecule has 1 fully saturated rings. The largest absolute Gasteiger partial charge is 0.497 e. The molecule has 2 N–H and O–H groups in total. The Hall–Kier alpha value is -2.11. The van der Waals surface area contributed by atoms with Crippen molar-refractivity contribution in [2.75, 3.05) is 7.11 Å². The number of carbonyl (C=O) groups is 1. The van der Waals surface area contributed by atoms with Crippen molar-refractivity contribution in [3.05, 3.63) is 47.8 Å². The number of nitrogens with zero attached hydrogens (tertiary/aromatic N) is 1. The van der Waals surface area contributed by atoms with E-state index in [1.165, 1.54) is 14.0 Å². The number of rotatable bonds is 4. The van der Waals surface area contributed by atoms with Gasteiger partial charge in [0, 0.05) is 17.6 Å². The smallest absolute Gasteiger partial charge is 0.494 e. The summed E-state index contributed by atoms with van der Waals surface area (Å²) < 4.78 is 54.8. The quantitative estimate of drug-likeness (QED) is 0.462. The first-order valence-electron chi connectivity index (χ1n) is 11.0. The van der Waals surface area contributed by atoms with E-state index in [4.69, 9.17) is 35.7 Å². The SMILES string of the molecule is CCC(=O)Cl.COc1ccccc1B(O)O.Cc1cc(B2OC(C)(C)C(C)(C)O2)cc(C(F)(F)F)n1. The van der Waals surface area contributed by atoms with Gasteiger partial charge < -0.3 is 24.1 Å². The molecule has 1 aromatic heterocycles. The number of methoxy groups -OCH3 is 1. The van der Waals surface area contributed by atoms with Crippen LogP contribution in [-0.4, -0.2) is 52.8 Å². The van der Waals surface area contributed by atoms with Crippen molar-refractivity contribution >= 4 is 42.0 Å². The normalized spacial score (nSPS) is 15.8. The molecule has 13 heteroatoms. The van der Waals surface area contributed by atoms with Crippen LogP contribution in [0.15, 0.2) is 36.4 Å². The Kier molecular flexibility index (Phi) is 11.5. The molecule has 1 aliphatic heterocycles. The van der Waals surface area contributed by atoms with Crippen molar-refractivity contribution in [1.82, 2.24) is 4.98 Å². The number of hydrogen-bond acceptors (Lipinski definition) is 7. The highest BCUT2D eigenvalue weighted by molar-refractivity contribution is 6.63. The molecule has 0 amide bonds. The Morgan fingerprint density at radius 2 is 1.64 bits per heavy atom. The lowest BCUT2D eigenvalue weighted by Crippen LogP contribution is -2.41. The molecular weight excluding hydrogens is 500 g/mol. The molecule has 0 atom stereocenters. The van der Waals surface area contributed by atoms with Crippen LogP contribution >= 0.6 is 11.6 Å². The van der Waals surface area contributed by atoms with Gasteiger partial charge in [-0.25, -0.2) is 4.98 Å². The molecule has 3 rings (SSSR count). The summed E-state index contributed by atoms with van der Waals surface area (Å²) in [5, 5.41) is 17.3. The first kappa shape index (κ1) is 31.9. The molecular formula is C23H31B2ClF3NO6. The average molecular weight is 532 g/mol. The fourth-order valence-corrected chi connectivity index (χ4v) is 2.84. The number of aromatic nitrogens is 1. The van der Waals surface area contributed by atoms with Gasteiger partial charge in [0.15, 0.2) is 0 Å². The Balaban J connectivity index is 0.000000339. The maximum absolute atomic E-state index is 12.8. The first-order chi connectivity index (χ1) is 16.4. The van der Waals surface area contributed by atoms with Gasteiger partial charge in [-0.2, -0.15) is 13.2 Å². The Morgan fingerprint density at radius 3 is 2.03 bits per heavy atom. The standard InChI is InChI=1S/C13H17BF3NO2.C7H9BO3.C3H5ClO/c1-8-6-9(7-10(18-8)13(15,16)17)14-19-11(2,3)12(4,5)20-14;1-11-7-5-3-2-4-6(7)8(9)10;1-2-3(4)5/h6-7H,1-5H3;2-5,9-10H,1H3;2H2,1H3. The minimum absolute atomic E-state index is 0.273. The number of halogens is 4. The van der Waals surface area contributed by atoms with Gasteiger partial charge in [0.25, 0.3) is 0 Å². The molecule has 2 aromatic rings. The summed E-state index contributed by atoms with van der Waals surface area (Å²) in [6, 6.07) is 9.30. The summed E-state index contributed by atoms with van der Waals surface area (Å²) in [4.78, 5) is 13.1. The lowest BCUT2D eigenvalue weighted by Gasteiger charge is -2.32. The second-order valence-corrected chi connectivity index (χ2v) is 9.26. The van der Waals surface area contributed by atoms with Crippen LogP contribution in [0.25, 0.3) is 0 Å². The van der Waals surface area contributed by atoms with Crippen molar-refractivity contribution < 1.29 is 42.1 Å². The molecule has 1 aromatic carbocycles. The molecule has 1 aliphatic rings. The molecule has 1 saturated heterocycles. The number of para-hydroxylation sites is 1. The van der Waals surface area contributed by atoms with Gasteiger partial charge in [0.05, 0.1) is 18.3 Å². The van der Waals surface area contributed by atoms with E-state index < -0.39 is 37.3 Å². The Labute approximate surface area is 215 Å². The summed E-state index contributed by atoms with van der Waals surface area (Å²) in [5.74, 6) is 0.488. The Morgan fingerprint density at radius 1 is 1.14 bits per heavy atom. The van der Waals surface area contributed by atoms with Gasteiger partial charge in [0.2, 0.25) is 5.24 Å². The van der Waals surface area contributed by atoms with Crippen molar-refractivity contribution in [3.63, 3.8) is 0 Å². The van der Waals surface area contributed by atoms with Crippen LogP contribution in [0, 0.1) is 6.92 Å². The summed E-state index contributed by atoms with van der Waals surface area (Å²) >= 11 is 4.82. The molecule has 7 nitrogen and oxygen atoms in total. The maximum atomic E-state index is 12.8. The van der Waals surface area contributed by atoms with Crippen LogP contribution in [0.2, 0.25) is 0 Å². The third-order valence-corrected chi connectivity index (χ3v) is 5.75. The molecule has 0 bridgehead atoms. The molecule has 2 heterocycles.